The van der Waals surface area contributed by atoms with Crippen molar-refractivity contribution >= 4 is 58.2 Å². The van der Waals surface area contributed by atoms with Crippen LogP contribution in [0.3, 0.4) is 0 Å². The van der Waals surface area contributed by atoms with Gasteiger partial charge in [-0.05, 0) is 37.3 Å². The van der Waals surface area contributed by atoms with Crippen molar-refractivity contribution in [2.75, 3.05) is 16.4 Å². The average Bonchev–Trinajstić information content (AvgIpc) is 2.52. The summed E-state index contributed by atoms with van der Waals surface area (Å²) in [4.78, 5) is 24.0. The normalized spacial score (nSPS) is 11.6. The molecule has 2 aromatic carbocycles. The monoisotopic (exact) mass is 382 g/mol. The summed E-state index contributed by atoms with van der Waals surface area (Å²) in [7, 11) is 0. The molecular formula is C17H16Cl2N2O2S. The second-order valence-corrected chi connectivity index (χ2v) is 7.22. The Bertz CT molecular complexity index is 706. The smallest absolute Gasteiger partial charge is 0.237 e. The zero-order valence-electron chi connectivity index (χ0n) is 12.9. The van der Waals surface area contributed by atoms with Crippen molar-refractivity contribution in [2.45, 2.75) is 12.2 Å². The van der Waals surface area contributed by atoms with E-state index in [0.29, 0.717) is 15.7 Å². The van der Waals surface area contributed by atoms with E-state index in [1.54, 1.807) is 25.1 Å². The summed E-state index contributed by atoms with van der Waals surface area (Å²) in [6, 6.07) is 14.0. The third kappa shape index (κ3) is 6.07. The molecule has 0 aliphatic rings. The van der Waals surface area contributed by atoms with Crippen LogP contribution in [0.25, 0.3) is 0 Å². The van der Waals surface area contributed by atoms with Crippen LogP contribution >= 0.6 is 35.0 Å². The van der Waals surface area contributed by atoms with Crippen LogP contribution in [-0.2, 0) is 9.59 Å². The zero-order valence-corrected chi connectivity index (χ0v) is 15.2. The molecule has 0 saturated heterocycles. The van der Waals surface area contributed by atoms with E-state index in [1.165, 1.54) is 11.8 Å². The van der Waals surface area contributed by atoms with Gasteiger partial charge in [0.25, 0.3) is 0 Å². The van der Waals surface area contributed by atoms with Crippen LogP contribution in [-0.4, -0.2) is 22.8 Å². The molecule has 4 nitrogen and oxygen atoms in total. The lowest BCUT2D eigenvalue weighted by Gasteiger charge is -2.12. The Morgan fingerprint density at radius 2 is 1.62 bits per heavy atom. The molecule has 2 rings (SSSR count). The van der Waals surface area contributed by atoms with Crippen molar-refractivity contribution in [3.63, 3.8) is 0 Å². The van der Waals surface area contributed by atoms with Gasteiger partial charge in [0.2, 0.25) is 11.8 Å². The van der Waals surface area contributed by atoms with E-state index in [0.717, 1.165) is 5.69 Å². The number of hydrogen-bond donors (Lipinski definition) is 2. The first-order chi connectivity index (χ1) is 11.4. The van der Waals surface area contributed by atoms with E-state index >= 15 is 0 Å². The van der Waals surface area contributed by atoms with Gasteiger partial charge in [-0.15, -0.1) is 11.8 Å². The fraction of sp³-hybridized carbons (Fsp3) is 0.176. The molecule has 1 atom stereocenters. The Hall–Kier alpha value is -1.69. The minimum atomic E-state index is -0.399. The van der Waals surface area contributed by atoms with Gasteiger partial charge in [0.05, 0.1) is 11.0 Å². The van der Waals surface area contributed by atoms with Gasteiger partial charge in [-0.1, -0.05) is 41.4 Å². The molecule has 0 spiro atoms. The largest absolute Gasteiger partial charge is 0.325 e. The van der Waals surface area contributed by atoms with Crippen LogP contribution in [0.2, 0.25) is 10.0 Å². The molecule has 0 saturated carbocycles. The zero-order chi connectivity index (χ0) is 17.5. The van der Waals surface area contributed by atoms with Crippen molar-refractivity contribution in [3.05, 3.63) is 58.6 Å². The number of amides is 2. The predicted molar refractivity (Wildman–Crippen MR) is 102 cm³/mol. The van der Waals surface area contributed by atoms with Gasteiger partial charge in [-0.3, -0.25) is 9.59 Å². The number of thioether (sulfide) groups is 1. The van der Waals surface area contributed by atoms with Gasteiger partial charge < -0.3 is 10.6 Å². The van der Waals surface area contributed by atoms with Crippen LogP contribution in [0.4, 0.5) is 11.4 Å². The Kier molecular flexibility index (Phi) is 6.97. The highest BCUT2D eigenvalue weighted by Crippen LogP contribution is 2.23. The fourth-order valence-electron chi connectivity index (χ4n) is 1.86. The molecule has 7 heteroatoms. The number of carbonyl (C=O) groups excluding carboxylic acids is 2. The van der Waals surface area contributed by atoms with Gasteiger partial charge >= 0.3 is 0 Å². The SMILES string of the molecule is C[C@@H](SCC(=O)Nc1ccccc1)C(=O)Nc1cc(Cl)cc(Cl)c1. The topological polar surface area (TPSA) is 58.2 Å². The molecule has 2 aromatic rings. The molecule has 0 aliphatic carbocycles. The molecule has 24 heavy (non-hydrogen) atoms. The summed E-state index contributed by atoms with van der Waals surface area (Å²) in [6.07, 6.45) is 0. The molecule has 2 N–H and O–H groups in total. The number of benzene rings is 2. The highest BCUT2D eigenvalue weighted by Gasteiger charge is 2.16. The molecule has 2 amide bonds. The van der Waals surface area contributed by atoms with Gasteiger partial charge in [0.1, 0.15) is 0 Å². The van der Waals surface area contributed by atoms with Crippen LogP contribution in [0.5, 0.6) is 0 Å². The minimum absolute atomic E-state index is 0.156. The quantitative estimate of drug-likeness (QED) is 0.761. The van der Waals surface area contributed by atoms with Gasteiger partial charge in [0.15, 0.2) is 0 Å². The van der Waals surface area contributed by atoms with E-state index in [9.17, 15) is 9.59 Å². The van der Waals surface area contributed by atoms with E-state index in [-0.39, 0.29) is 17.6 Å². The summed E-state index contributed by atoms with van der Waals surface area (Å²) in [5.41, 5.74) is 1.26. The summed E-state index contributed by atoms with van der Waals surface area (Å²) in [5, 5.41) is 6.00. The first-order valence-electron chi connectivity index (χ1n) is 7.17. The Morgan fingerprint density at radius 1 is 1.00 bits per heavy atom. The molecule has 0 aliphatic heterocycles. The first-order valence-corrected chi connectivity index (χ1v) is 8.98. The van der Waals surface area contributed by atoms with Crippen molar-refractivity contribution in [2.24, 2.45) is 0 Å². The maximum absolute atomic E-state index is 12.2. The number of halogens is 2. The third-order valence-corrected chi connectivity index (χ3v) is 4.60. The molecule has 0 bridgehead atoms. The maximum Gasteiger partial charge on any atom is 0.237 e. The second kappa shape index (κ2) is 8.97. The van der Waals surface area contributed by atoms with Gasteiger partial charge in [-0.25, -0.2) is 0 Å². The molecule has 0 fully saturated rings. The van der Waals surface area contributed by atoms with Crippen LogP contribution in [0.1, 0.15) is 6.92 Å². The van der Waals surface area contributed by atoms with Gasteiger partial charge in [-0.2, -0.15) is 0 Å². The van der Waals surface area contributed by atoms with Crippen molar-refractivity contribution < 1.29 is 9.59 Å². The standard InChI is InChI=1S/C17H16Cl2N2O2S/c1-11(17(23)21-15-8-12(18)7-13(19)9-15)24-10-16(22)20-14-5-3-2-4-6-14/h2-9,11H,10H2,1H3,(H,20,22)(H,21,23)/t11-/m1/s1. The average molecular weight is 383 g/mol. The summed E-state index contributed by atoms with van der Waals surface area (Å²) < 4.78 is 0. The van der Waals surface area contributed by atoms with E-state index in [4.69, 9.17) is 23.2 Å². The van der Waals surface area contributed by atoms with E-state index in [2.05, 4.69) is 10.6 Å². The molecular weight excluding hydrogens is 367 g/mol. The molecule has 126 valence electrons. The lowest BCUT2D eigenvalue weighted by molar-refractivity contribution is -0.115. The van der Waals surface area contributed by atoms with Crippen molar-refractivity contribution in [3.8, 4) is 0 Å². The number of para-hydroxylation sites is 1. The first kappa shape index (κ1) is 18.6. The number of carbonyl (C=O) groups is 2. The predicted octanol–water partition coefficient (Wildman–Crippen LogP) is 4.69. The highest BCUT2D eigenvalue weighted by molar-refractivity contribution is 8.01. The van der Waals surface area contributed by atoms with Crippen LogP contribution in [0.15, 0.2) is 48.5 Å². The minimum Gasteiger partial charge on any atom is -0.325 e. The van der Waals surface area contributed by atoms with Crippen LogP contribution < -0.4 is 10.6 Å². The van der Waals surface area contributed by atoms with Gasteiger partial charge in [0, 0.05) is 21.4 Å². The molecule has 0 unspecified atom stereocenters. The molecule has 0 heterocycles. The highest BCUT2D eigenvalue weighted by atomic mass is 35.5. The Morgan fingerprint density at radius 3 is 2.25 bits per heavy atom. The summed E-state index contributed by atoms with van der Waals surface area (Å²) in [5.74, 6) is -0.192. The van der Waals surface area contributed by atoms with Crippen LogP contribution in [0, 0.1) is 0 Å². The molecule has 0 aromatic heterocycles. The number of anilines is 2. The third-order valence-electron chi connectivity index (χ3n) is 3.02. The fourth-order valence-corrected chi connectivity index (χ4v) is 3.07. The molecule has 0 radical (unpaired) electrons. The number of hydrogen-bond acceptors (Lipinski definition) is 3. The van der Waals surface area contributed by atoms with Crippen molar-refractivity contribution in [1.82, 2.24) is 0 Å². The number of rotatable bonds is 6. The summed E-state index contributed by atoms with van der Waals surface area (Å²) >= 11 is 13.0. The van der Waals surface area contributed by atoms with Crippen molar-refractivity contribution in [1.29, 1.82) is 0 Å². The Labute approximate surface area is 154 Å². The Balaban J connectivity index is 1.82. The summed E-state index contributed by atoms with van der Waals surface area (Å²) in [6.45, 7) is 1.74. The lowest BCUT2D eigenvalue weighted by Crippen LogP contribution is -2.25. The van der Waals surface area contributed by atoms with E-state index < -0.39 is 5.25 Å². The van der Waals surface area contributed by atoms with E-state index in [1.807, 2.05) is 30.3 Å². The lowest BCUT2D eigenvalue weighted by atomic mass is 10.3. The second-order valence-electron chi connectivity index (χ2n) is 5.01. The maximum atomic E-state index is 12.2. The number of nitrogens with one attached hydrogen (secondary N) is 2.